The largest absolute Gasteiger partial charge is 0.337 e. The summed E-state index contributed by atoms with van der Waals surface area (Å²) in [6, 6.07) is 1.24. The highest BCUT2D eigenvalue weighted by Gasteiger charge is 2.32. The normalized spacial score (nSPS) is 18.7. The molecule has 0 aliphatic carbocycles. The molecule has 29 heavy (non-hydrogen) atoms. The molecule has 2 aromatic heterocycles. The zero-order chi connectivity index (χ0) is 21.4. The lowest BCUT2D eigenvalue weighted by Gasteiger charge is -2.15. The number of anilines is 1. The third kappa shape index (κ3) is 5.36. The third-order valence-electron chi connectivity index (χ3n) is 5.00. The van der Waals surface area contributed by atoms with Crippen molar-refractivity contribution >= 4 is 33.0 Å². The van der Waals surface area contributed by atoms with Crippen LogP contribution >= 0.6 is 11.3 Å². The summed E-state index contributed by atoms with van der Waals surface area (Å²) in [4.78, 5) is 18.1. The molecule has 0 unspecified atom stereocenters. The molecule has 0 aromatic carbocycles. The Balaban J connectivity index is 1.68. The van der Waals surface area contributed by atoms with Crippen LogP contribution in [0.25, 0.3) is 0 Å². The molecule has 1 aliphatic heterocycles. The summed E-state index contributed by atoms with van der Waals surface area (Å²) in [5.41, 5.74) is 1.63. The van der Waals surface area contributed by atoms with Gasteiger partial charge in [-0.15, -0.1) is 11.3 Å². The molecule has 0 spiro atoms. The van der Waals surface area contributed by atoms with Gasteiger partial charge in [0.15, 0.2) is 9.84 Å². The van der Waals surface area contributed by atoms with Gasteiger partial charge in [0.25, 0.3) is 0 Å². The van der Waals surface area contributed by atoms with Crippen molar-refractivity contribution < 1.29 is 13.2 Å². The molecule has 1 atom stereocenters. The second-order valence-corrected chi connectivity index (χ2v) is 12.1. The van der Waals surface area contributed by atoms with Crippen LogP contribution < -0.4 is 10.6 Å². The Morgan fingerprint density at radius 2 is 2.07 bits per heavy atom. The number of amides is 2. The lowest BCUT2D eigenvalue weighted by Crippen LogP contribution is -2.31. The summed E-state index contributed by atoms with van der Waals surface area (Å²) in [5.74, 6) is 0.730. The minimum atomic E-state index is -3.06. The molecule has 1 saturated heterocycles. The number of aromatic nitrogens is 3. The van der Waals surface area contributed by atoms with Crippen molar-refractivity contribution in [1.82, 2.24) is 20.1 Å². The number of nitrogens with zero attached hydrogens (tertiary/aromatic N) is 3. The maximum absolute atomic E-state index is 12.4. The zero-order valence-electron chi connectivity index (χ0n) is 17.6. The summed E-state index contributed by atoms with van der Waals surface area (Å²) >= 11 is 1.64. The number of rotatable bonds is 5. The first kappa shape index (κ1) is 21.8. The van der Waals surface area contributed by atoms with E-state index < -0.39 is 9.84 Å². The molecule has 2 aromatic rings. The van der Waals surface area contributed by atoms with E-state index in [1.165, 1.54) is 4.88 Å². The molecule has 1 fully saturated rings. The fraction of sp³-hybridized carbons (Fsp3) is 0.632. The van der Waals surface area contributed by atoms with Gasteiger partial charge in [-0.3, -0.25) is 5.32 Å². The predicted octanol–water partition coefficient (Wildman–Crippen LogP) is 2.98. The summed E-state index contributed by atoms with van der Waals surface area (Å²) < 4.78 is 25.5. The van der Waals surface area contributed by atoms with Gasteiger partial charge in [0, 0.05) is 29.3 Å². The lowest BCUT2D eigenvalue weighted by atomic mass is 9.92. The first-order chi connectivity index (χ1) is 13.4. The molecular formula is C19H29N5O3S2. The summed E-state index contributed by atoms with van der Waals surface area (Å²) in [7, 11) is -3.06. The Morgan fingerprint density at radius 1 is 1.34 bits per heavy atom. The van der Waals surface area contributed by atoms with E-state index in [-0.39, 0.29) is 29.0 Å². The molecule has 3 rings (SSSR count). The van der Waals surface area contributed by atoms with E-state index in [1.807, 2.05) is 40.7 Å². The average molecular weight is 440 g/mol. The molecular weight excluding hydrogens is 410 g/mol. The van der Waals surface area contributed by atoms with E-state index >= 15 is 0 Å². The fourth-order valence-corrected chi connectivity index (χ4v) is 5.82. The van der Waals surface area contributed by atoms with Gasteiger partial charge >= 0.3 is 6.03 Å². The standard InChI is InChI=1S/C19H29N5O3S2/c1-12-13(2)28-17(21-12)6-8-20-18(25)22-16-10-15(19(3,4)5)23-24(16)14-7-9-29(26,27)11-14/h10,14H,6-9,11H2,1-5H3,(H2,20,22,25)/t14-/m1/s1. The van der Waals surface area contributed by atoms with Crippen molar-refractivity contribution in [2.24, 2.45) is 0 Å². The topological polar surface area (TPSA) is 106 Å². The Kier molecular flexibility index (Phi) is 6.05. The molecule has 0 bridgehead atoms. The van der Waals surface area contributed by atoms with Crippen LogP contribution in [0.4, 0.5) is 10.6 Å². The minimum absolute atomic E-state index is 0.0529. The highest BCUT2D eigenvalue weighted by Crippen LogP contribution is 2.30. The number of carbonyl (C=O) groups excluding carboxylic acids is 1. The molecule has 0 radical (unpaired) electrons. The van der Waals surface area contributed by atoms with E-state index in [2.05, 4.69) is 20.7 Å². The summed E-state index contributed by atoms with van der Waals surface area (Å²) in [6.07, 6.45) is 1.17. The second-order valence-electron chi connectivity index (χ2n) is 8.55. The zero-order valence-corrected chi connectivity index (χ0v) is 19.2. The van der Waals surface area contributed by atoms with Crippen molar-refractivity contribution in [3.05, 3.63) is 27.3 Å². The molecule has 10 heteroatoms. The van der Waals surface area contributed by atoms with Gasteiger partial charge in [0.05, 0.1) is 33.9 Å². The van der Waals surface area contributed by atoms with Gasteiger partial charge in [-0.25, -0.2) is 22.9 Å². The van der Waals surface area contributed by atoms with Crippen LogP contribution in [0.1, 0.15) is 54.5 Å². The van der Waals surface area contributed by atoms with E-state index in [0.29, 0.717) is 25.2 Å². The van der Waals surface area contributed by atoms with E-state index in [9.17, 15) is 13.2 Å². The Labute approximate surface area is 176 Å². The number of aryl methyl sites for hydroxylation is 2. The monoisotopic (exact) mass is 439 g/mol. The predicted molar refractivity (Wildman–Crippen MR) is 116 cm³/mol. The molecule has 0 saturated carbocycles. The number of sulfone groups is 1. The SMILES string of the molecule is Cc1nc(CCNC(=O)Nc2cc(C(C)(C)C)nn2[C@@H]2CCS(=O)(=O)C2)sc1C. The van der Waals surface area contributed by atoms with Crippen molar-refractivity contribution in [3.63, 3.8) is 0 Å². The number of thiazole rings is 1. The van der Waals surface area contributed by atoms with Crippen LogP contribution in [0, 0.1) is 13.8 Å². The lowest BCUT2D eigenvalue weighted by molar-refractivity contribution is 0.252. The van der Waals surface area contributed by atoms with Crippen LogP contribution in [-0.2, 0) is 21.7 Å². The number of nitrogens with one attached hydrogen (secondary N) is 2. The smallest absolute Gasteiger partial charge is 0.320 e. The van der Waals surface area contributed by atoms with E-state index in [1.54, 1.807) is 16.0 Å². The summed E-state index contributed by atoms with van der Waals surface area (Å²) in [5, 5.41) is 11.3. The maximum atomic E-state index is 12.4. The third-order valence-corrected chi connectivity index (χ3v) is 7.88. The van der Waals surface area contributed by atoms with Gasteiger partial charge in [0.1, 0.15) is 5.82 Å². The van der Waals surface area contributed by atoms with Gasteiger partial charge in [-0.2, -0.15) is 5.10 Å². The molecule has 2 amide bonds. The van der Waals surface area contributed by atoms with Crippen LogP contribution in [0.2, 0.25) is 0 Å². The van der Waals surface area contributed by atoms with E-state index in [0.717, 1.165) is 16.4 Å². The molecule has 2 N–H and O–H groups in total. The molecule has 160 valence electrons. The average Bonchev–Trinajstić information content (AvgIpc) is 3.25. The van der Waals surface area contributed by atoms with Crippen molar-refractivity contribution in [1.29, 1.82) is 0 Å². The fourth-order valence-electron chi connectivity index (χ4n) is 3.19. The highest BCUT2D eigenvalue weighted by molar-refractivity contribution is 7.91. The van der Waals surface area contributed by atoms with Gasteiger partial charge in [-0.1, -0.05) is 20.8 Å². The number of carbonyl (C=O) groups is 1. The van der Waals surface area contributed by atoms with Gasteiger partial charge in [0.2, 0.25) is 0 Å². The first-order valence-corrected chi connectivity index (χ1v) is 12.4. The minimum Gasteiger partial charge on any atom is -0.337 e. The van der Waals surface area contributed by atoms with Crippen LogP contribution in [0.3, 0.4) is 0 Å². The Hall–Kier alpha value is -1.94. The second kappa shape index (κ2) is 8.06. The van der Waals surface area contributed by atoms with Crippen LogP contribution in [0.15, 0.2) is 6.07 Å². The molecule has 3 heterocycles. The van der Waals surface area contributed by atoms with Crippen molar-refractivity contribution in [2.75, 3.05) is 23.4 Å². The van der Waals surface area contributed by atoms with Gasteiger partial charge in [-0.05, 0) is 20.3 Å². The van der Waals surface area contributed by atoms with Crippen LogP contribution in [0.5, 0.6) is 0 Å². The van der Waals surface area contributed by atoms with E-state index in [4.69, 9.17) is 0 Å². The quantitative estimate of drug-likeness (QED) is 0.745. The van der Waals surface area contributed by atoms with Gasteiger partial charge < -0.3 is 5.32 Å². The summed E-state index contributed by atoms with van der Waals surface area (Å²) in [6.45, 7) is 10.6. The number of hydrogen-bond acceptors (Lipinski definition) is 6. The van der Waals surface area contributed by atoms with Crippen molar-refractivity contribution in [3.8, 4) is 0 Å². The number of hydrogen-bond donors (Lipinski definition) is 2. The Morgan fingerprint density at radius 3 is 2.62 bits per heavy atom. The van der Waals surface area contributed by atoms with Crippen molar-refractivity contribution in [2.45, 2.75) is 58.9 Å². The highest BCUT2D eigenvalue weighted by atomic mass is 32.2. The maximum Gasteiger partial charge on any atom is 0.320 e. The van der Waals surface area contributed by atoms with Crippen LogP contribution in [-0.4, -0.2) is 47.3 Å². The molecule has 1 aliphatic rings. The first-order valence-electron chi connectivity index (χ1n) is 9.73. The Bertz CT molecular complexity index is 982. The molecule has 8 nitrogen and oxygen atoms in total. The number of urea groups is 1.